The molecule has 0 aromatic carbocycles. The fraction of sp³-hybridized carbons (Fsp3) is 0.625. The molecule has 1 aliphatic carbocycles. The summed E-state index contributed by atoms with van der Waals surface area (Å²) in [6.45, 7) is 5.59. The van der Waals surface area contributed by atoms with E-state index in [1.807, 2.05) is 26.8 Å². The van der Waals surface area contributed by atoms with Crippen molar-refractivity contribution in [2.24, 2.45) is 0 Å². The summed E-state index contributed by atoms with van der Waals surface area (Å²) in [7, 11) is 0. The van der Waals surface area contributed by atoms with Gasteiger partial charge in [0.1, 0.15) is 5.60 Å². The minimum absolute atomic E-state index is 0.166. The zero-order valence-electron chi connectivity index (χ0n) is 13.7. The van der Waals surface area contributed by atoms with Crippen LogP contribution in [0.25, 0.3) is 0 Å². The number of alkyl carbamates (subject to hydrolysis) is 1. The fourth-order valence-electron chi connectivity index (χ4n) is 2.60. The smallest absolute Gasteiger partial charge is 0.407 e. The third kappa shape index (κ3) is 6.18. The first kappa shape index (κ1) is 18.3. The maximum Gasteiger partial charge on any atom is 0.407 e. The molecule has 2 rings (SSSR count). The predicted molar refractivity (Wildman–Crippen MR) is 96.0 cm³/mol. The molecule has 23 heavy (non-hydrogen) atoms. The molecule has 1 amide bonds. The topological polar surface area (TPSA) is 63.2 Å². The number of ether oxygens (including phenoxy) is 1. The van der Waals surface area contributed by atoms with Gasteiger partial charge in [0.25, 0.3) is 0 Å². The number of pyridine rings is 1. The monoisotopic (exact) mass is 403 g/mol. The van der Waals surface area contributed by atoms with Crippen molar-refractivity contribution < 1.29 is 9.53 Å². The van der Waals surface area contributed by atoms with Crippen molar-refractivity contribution in [3.8, 4) is 0 Å². The maximum atomic E-state index is 11.8. The van der Waals surface area contributed by atoms with Crippen LogP contribution in [0.15, 0.2) is 16.7 Å². The van der Waals surface area contributed by atoms with Gasteiger partial charge in [-0.2, -0.15) is 0 Å². The number of nitrogens with zero attached hydrogens (tertiary/aromatic N) is 1. The highest BCUT2D eigenvalue weighted by molar-refractivity contribution is 9.10. The molecule has 0 bridgehead atoms. The minimum atomic E-state index is -0.465. The molecule has 1 aromatic rings. The number of anilines is 1. The summed E-state index contributed by atoms with van der Waals surface area (Å²) in [5.41, 5.74) is 0.373. The predicted octanol–water partition coefficient (Wildman–Crippen LogP) is 4.75. The Balaban J connectivity index is 1.80. The van der Waals surface area contributed by atoms with Crippen LogP contribution < -0.4 is 10.6 Å². The Hall–Kier alpha value is -1.01. The molecule has 5 nitrogen and oxygen atoms in total. The zero-order chi connectivity index (χ0) is 17.0. The molecular weight excluding hydrogens is 382 g/mol. The third-order valence-corrected chi connectivity index (χ3v) is 4.35. The summed E-state index contributed by atoms with van der Waals surface area (Å²) in [5.74, 6) is 0. The second-order valence-corrected chi connectivity index (χ2v) is 8.10. The summed E-state index contributed by atoms with van der Waals surface area (Å²) in [4.78, 5) is 15.9. The normalized spacial score (nSPS) is 21.6. The number of carbonyl (C=O) groups excluding carboxylic acids is 1. The van der Waals surface area contributed by atoms with Gasteiger partial charge in [0.15, 0.2) is 5.15 Å². The number of aromatic nitrogens is 1. The molecule has 0 aliphatic heterocycles. The van der Waals surface area contributed by atoms with Crippen LogP contribution in [-0.4, -0.2) is 28.8 Å². The number of nitrogens with one attached hydrogen (secondary N) is 2. The summed E-state index contributed by atoms with van der Waals surface area (Å²) in [5, 5.41) is 6.85. The van der Waals surface area contributed by atoms with Crippen molar-refractivity contribution >= 4 is 39.3 Å². The Morgan fingerprint density at radius 1 is 1.30 bits per heavy atom. The van der Waals surface area contributed by atoms with E-state index in [1.165, 1.54) is 0 Å². The first-order chi connectivity index (χ1) is 10.7. The second kappa shape index (κ2) is 7.71. The van der Waals surface area contributed by atoms with E-state index in [4.69, 9.17) is 16.3 Å². The SMILES string of the molecule is CC(C)(C)OC(=O)NC1CCC(Nc2cc(Br)cnc2Cl)CC1. The molecule has 128 valence electrons. The molecule has 2 N–H and O–H groups in total. The van der Waals surface area contributed by atoms with E-state index >= 15 is 0 Å². The van der Waals surface area contributed by atoms with Crippen molar-refractivity contribution in [1.29, 1.82) is 0 Å². The van der Waals surface area contributed by atoms with Crippen molar-refractivity contribution in [3.63, 3.8) is 0 Å². The van der Waals surface area contributed by atoms with Crippen LogP contribution in [0.2, 0.25) is 5.15 Å². The van der Waals surface area contributed by atoms with E-state index in [1.54, 1.807) is 6.20 Å². The van der Waals surface area contributed by atoms with Crippen LogP contribution >= 0.6 is 27.5 Å². The van der Waals surface area contributed by atoms with Crippen LogP contribution in [0.3, 0.4) is 0 Å². The van der Waals surface area contributed by atoms with Gasteiger partial charge in [0.05, 0.1) is 5.69 Å². The van der Waals surface area contributed by atoms with E-state index in [0.717, 1.165) is 35.8 Å². The molecule has 1 aliphatic rings. The van der Waals surface area contributed by atoms with E-state index in [9.17, 15) is 4.79 Å². The van der Waals surface area contributed by atoms with Gasteiger partial charge in [0.2, 0.25) is 0 Å². The lowest BCUT2D eigenvalue weighted by Gasteiger charge is -2.31. The number of rotatable bonds is 3. The zero-order valence-corrected chi connectivity index (χ0v) is 16.0. The van der Waals surface area contributed by atoms with Crippen LogP contribution in [0.1, 0.15) is 46.5 Å². The molecule has 1 heterocycles. The Morgan fingerprint density at radius 2 is 1.91 bits per heavy atom. The molecule has 0 unspecified atom stereocenters. The van der Waals surface area contributed by atoms with Crippen LogP contribution in [0.5, 0.6) is 0 Å². The minimum Gasteiger partial charge on any atom is -0.444 e. The van der Waals surface area contributed by atoms with Gasteiger partial charge >= 0.3 is 6.09 Å². The molecule has 0 saturated heterocycles. The molecule has 0 spiro atoms. The molecule has 0 radical (unpaired) electrons. The molecule has 1 saturated carbocycles. The maximum absolute atomic E-state index is 11.8. The Bertz CT molecular complexity index is 555. The lowest BCUT2D eigenvalue weighted by Crippen LogP contribution is -2.42. The van der Waals surface area contributed by atoms with Gasteiger partial charge in [-0.15, -0.1) is 0 Å². The van der Waals surface area contributed by atoms with Crippen LogP contribution in [-0.2, 0) is 4.74 Å². The van der Waals surface area contributed by atoms with E-state index in [-0.39, 0.29) is 12.1 Å². The highest BCUT2D eigenvalue weighted by Crippen LogP contribution is 2.27. The summed E-state index contributed by atoms with van der Waals surface area (Å²) in [6, 6.07) is 2.43. The van der Waals surface area contributed by atoms with Crippen molar-refractivity contribution in [3.05, 3.63) is 21.9 Å². The highest BCUT2D eigenvalue weighted by Gasteiger charge is 2.25. The largest absolute Gasteiger partial charge is 0.444 e. The summed E-state index contributed by atoms with van der Waals surface area (Å²) >= 11 is 9.51. The van der Waals surface area contributed by atoms with Crippen molar-refractivity contribution in [2.75, 3.05) is 5.32 Å². The molecule has 0 atom stereocenters. The lowest BCUT2D eigenvalue weighted by atomic mass is 9.91. The van der Waals surface area contributed by atoms with Crippen molar-refractivity contribution in [2.45, 2.75) is 64.1 Å². The highest BCUT2D eigenvalue weighted by atomic mass is 79.9. The van der Waals surface area contributed by atoms with Gasteiger partial charge in [-0.3, -0.25) is 0 Å². The van der Waals surface area contributed by atoms with Gasteiger partial charge < -0.3 is 15.4 Å². The number of amides is 1. The molecule has 7 heteroatoms. The number of halogens is 2. The lowest BCUT2D eigenvalue weighted by molar-refractivity contribution is 0.0492. The average molecular weight is 405 g/mol. The molecular formula is C16H23BrClN3O2. The number of carbonyl (C=O) groups is 1. The fourth-order valence-corrected chi connectivity index (χ4v) is 3.09. The standard InChI is InChI=1S/C16H23BrClN3O2/c1-16(2,3)23-15(22)21-12-6-4-11(5-7-12)20-13-8-10(17)9-19-14(13)18/h8-9,11-12,20H,4-7H2,1-3H3,(H,21,22). The quantitative estimate of drug-likeness (QED) is 0.714. The molecule has 1 fully saturated rings. The molecule has 1 aromatic heterocycles. The van der Waals surface area contributed by atoms with Crippen LogP contribution in [0.4, 0.5) is 10.5 Å². The summed E-state index contributed by atoms with van der Waals surface area (Å²) < 4.78 is 6.19. The Kier molecular flexibility index (Phi) is 6.14. The van der Waals surface area contributed by atoms with Gasteiger partial charge in [0, 0.05) is 22.8 Å². The number of hydrogen-bond donors (Lipinski definition) is 2. The van der Waals surface area contributed by atoms with E-state index in [2.05, 4.69) is 31.5 Å². The van der Waals surface area contributed by atoms with Gasteiger partial charge in [-0.05, 0) is 68.5 Å². The first-order valence-corrected chi connectivity index (χ1v) is 8.97. The summed E-state index contributed by atoms with van der Waals surface area (Å²) in [6.07, 6.45) is 5.08. The number of hydrogen-bond acceptors (Lipinski definition) is 4. The van der Waals surface area contributed by atoms with Gasteiger partial charge in [-0.25, -0.2) is 9.78 Å². The Labute approximate surface area is 150 Å². The van der Waals surface area contributed by atoms with Gasteiger partial charge in [-0.1, -0.05) is 11.6 Å². The second-order valence-electron chi connectivity index (χ2n) is 6.83. The van der Waals surface area contributed by atoms with E-state index in [0.29, 0.717) is 11.2 Å². The van der Waals surface area contributed by atoms with Crippen molar-refractivity contribution in [1.82, 2.24) is 10.3 Å². The first-order valence-electron chi connectivity index (χ1n) is 7.80. The van der Waals surface area contributed by atoms with E-state index < -0.39 is 5.60 Å². The average Bonchev–Trinajstić information content (AvgIpc) is 2.43. The third-order valence-electron chi connectivity index (χ3n) is 3.61. The Morgan fingerprint density at radius 3 is 2.52 bits per heavy atom. The van der Waals surface area contributed by atoms with Crippen LogP contribution in [0, 0.1) is 0 Å².